The van der Waals surface area contributed by atoms with Crippen LogP contribution in [0.4, 0.5) is 11.6 Å². The van der Waals surface area contributed by atoms with Crippen molar-refractivity contribution in [3.8, 4) is 11.6 Å². The van der Waals surface area contributed by atoms with Crippen LogP contribution in [-0.4, -0.2) is 61.0 Å². The van der Waals surface area contributed by atoms with Crippen LogP contribution in [0.2, 0.25) is 0 Å². The molecule has 6 rings (SSSR count). The molecule has 0 bridgehead atoms. The Morgan fingerprint density at radius 2 is 1.95 bits per heavy atom. The van der Waals surface area contributed by atoms with E-state index < -0.39 is 4.92 Å². The van der Waals surface area contributed by atoms with Crippen molar-refractivity contribution in [3.63, 3.8) is 0 Å². The molecule has 0 N–H and O–H groups in total. The van der Waals surface area contributed by atoms with E-state index in [0.717, 1.165) is 10.9 Å². The molecule has 0 spiro atoms. The molecule has 3 aromatic heterocycles. The molecular formula is C26H23N7O4. The second-order valence-corrected chi connectivity index (χ2v) is 9.14. The van der Waals surface area contributed by atoms with Crippen molar-refractivity contribution in [1.82, 2.24) is 24.5 Å². The minimum Gasteiger partial charge on any atom is -0.461 e. The monoisotopic (exact) mass is 497 g/mol. The van der Waals surface area contributed by atoms with E-state index in [9.17, 15) is 14.9 Å². The first-order chi connectivity index (χ1) is 17.9. The molecule has 11 nitrogen and oxygen atoms in total. The minimum atomic E-state index is -0.458. The average Bonchev–Trinajstić information content (AvgIpc) is 3.58. The molecule has 1 unspecified atom stereocenters. The highest BCUT2D eigenvalue weighted by Gasteiger charge is 2.32. The number of amides is 1. The molecule has 11 heteroatoms. The van der Waals surface area contributed by atoms with Gasteiger partial charge in [0.15, 0.2) is 11.4 Å². The second kappa shape index (κ2) is 8.70. The number of carbonyl (C=O) groups excluding carboxylic acids is 1. The van der Waals surface area contributed by atoms with Gasteiger partial charge < -0.3 is 14.2 Å². The first-order valence-electron chi connectivity index (χ1n) is 11.9. The Bertz CT molecular complexity index is 1660. The molecule has 1 amide bonds. The minimum absolute atomic E-state index is 0.0574. The molecule has 0 saturated carbocycles. The molecule has 4 heterocycles. The predicted molar refractivity (Wildman–Crippen MR) is 137 cm³/mol. The number of nitro benzene ring substituents is 1. The fourth-order valence-electron chi connectivity index (χ4n) is 4.89. The SMILES string of the molecule is Cc1ccc(C(=O)N2CCN(c3nc4ccccc4c4nnc(-c5ccco5)n34)CC2C)cc1[N+](=O)[O-]. The Labute approximate surface area is 211 Å². The molecule has 1 fully saturated rings. The summed E-state index contributed by atoms with van der Waals surface area (Å²) in [5.41, 5.74) is 2.24. The number of piperazine rings is 1. The van der Waals surface area contributed by atoms with Crippen LogP contribution in [0.5, 0.6) is 0 Å². The van der Waals surface area contributed by atoms with Gasteiger partial charge in [-0.25, -0.2) is 9.38 Å². The predicted octanol–water partition coefficient (Wildman–Crippen LogP) is 4.11. The van der Waals surface area contributed by atoms with Gasteiger partial charge in [-0.1, -0.05) is 18.2 Å². The standard InChI is InChI=1S/C26H23N7O4/c1-16-9-10-18(14-21(16)33(35)36)25(34)31-12-11-30(15-17(31)2)26-27-20-7-4-3-6-19(20)23-28-29-24(32(23)26)22-8-5-13-37-22/h3-10,13-14,17H,11-12,15H2,1-2H3. The van der Waals surface area contributed by atoms with Gasteiger partial charge in [0.2, 0.25) is 11.8 Å². The highest BCUT2D eigenvalue weighted by atomic mass is 16.6. The van der Waals surface area contributed by atoms with E-state index in [-0.39, 0.29) is 17.6 Å². The first kappa shape index (κ1) is 22.7. The number of aromatic nitrogens is 4. The number of hydrogen-bond acceptors (Lipinski definition) is 8. The molecule has 1 aliphatic rings. The summed E-state index contributed by atoms with van der Waals surface area (Å²) in [6.07, 6.45) is 1.59. The zero-order chi connectivity index (χ0) is 25.7. The summed E-state index contributed by atoms with van der Waals surface area (Å²) in [6, 6.07) is 15.8. The Morgan fingerprint density at radius 3 is 2.70 bits per heavy atom. The van der Waals surface area contributed by atoms with Crippen LogP contribution in [0.25, 0.3) is 28.1 Å². The summed E-state index contributed by atoms with van der Waals surface area (Å²) in [7, 11) is 0. The molecule has 0 radical (unpaired) electrons. The number of nitro groups is 1. The number of furan rings is 1. The molecule has 186 valence electrons. The number of rotatable bonds is 4. The van der Waals surface area contributed by atoms with Crippen LogP contribution < -0.4 is 4.90 Å². The molecule has 0 aliphatic carbocycles. The van der Waals surface area contributed by atoms with Gasteiger partial charge in [0, 0.05) is 48.3 Å². The number of anilines is 1. The van der Waals surface area contributed by atoms with E-state index in [1.165, 1.54) is 6.07 Å². The lowest BCUT2D eigenvalue weighted by molar-refractivity contribution is -0.385. The summed E-state index contributed by atoms with van der Waals surface area (Å²) in [5.74, 6) is 1.56. The summed E-state index contributed by atoms with van der Waals surface area (Å²) in [6.45, 7) is 5.07. The molecule has 37 heavy (non-hydrogen) atoms. The van der Waals surface area contributed by atoms with Crippen LogP contribution in [0.15, 0.2) is 65.3 Å². The fraction of sp³-hybridized carbons (Fsp3) is 0.231. The van der Waals surface area contributed by atoms with Gasteiger partial charge in [0.1, 0.15) is 0 Å². The van der Waals surface area contributed by atoms with Crippen molar-refractivity contribution in [2.24, 2.45) is 0 Å². The van der Waals surface area contributed by atoms with Crippen LogP contribution in [-0.2, 0) is 0 Å². The van der Waals surface area contributed by atoms with Crippen molar-refractivity contribution in [2.45, 2.75) is 19.9 Å². The van der Waals surface area contributed by atoms with E-state index in [1.807, 2.05) is 41.7 Å². The van der Waals surface area contributed by atoms with E-state index in [1.54, 1.807) is 36.3 Å². The fourth-order valence-corrected chi connectivity index (χ4v) is 4.89. The highest BCUT2D eigenvalue weighted by molar-refractivity contribution is 5.96. The van der Waals surface area contributed by atoms with Crippen LogP contribution in [0.3, 0.4) is 0 Å². The van der Waals surface area contributed by atoms with Gasteiger partial charge >= 0.3 is 0 Å². The van der Waals surface area contributed by atoms with Gasteiger partial charge in [-0.05, 0) is 44.2 Å². The smallest absolute Gasteiger partial charge is 0.273 e. The maximum Gasteiger partial charge on any atom is 0.273 e. The second-order valence-electron chi connectivity index (χ2n) is 9.14. The molecular weight excluding hydrogens is 474 g/mol. The Kier molecular flexibility index (Phi) is 5.32. The van der Waals surface area contributed by atoms with Crippen molar-refractivity contribution in [2.75, 3.05) is 24.5 Å². The lowest BCUT2D eigenvalue weighted by Crippen LogP contribution is -2.54. The average molecular weight is 498 g/mol. The van der Waals surface area contributed by atoms with E-state index in [2.05, 4.69) is 15.1 Å². The van der Waals surface area contributed by atoms with Crippen molar-refractivity contribution in [1.29, 1.82) is 0 Å². The van der Waals surface area contributed by atoms with Gasteiger partial charge in [0.25, 0.3) is 11.6 Å². The number of para-hydroxylation sites is 1. The van der Waals surface area contributed by atoms with E-state index >= 15 is 0 Å². The number of hydrogen-bond donors (Lipinski definition) is 0. The third-order valence-corrected chi connectivity index (χ3v) is 6.79. The molecule has 2 aromatic carbocycles. The number of carbonyl (C=O) groups is 1. The highest BCUT2D eigenvalue weighted by Crippen LogP contribution is 2.30. The number of nitrogens with zero attached hydrogens (tertiary/aromatic N) is 7. The van der Waals surface area contributed by atoms with Gasteiger partial charge in [0.05, 0.1) is 16.7 Å². The van der Waals surface area contributed by atoms with Crippen LogP contribution >= 0.6 is 0 Å². The largest absolute Gasteiger partial charge is 0.461 e. The lowest BCUT2D eigenvalue weighted by Gasteiger charge is -2.40. The number of fused-ring (bicyclic) bond motifs is 3. The summed E-state index contributed by atoms with van der Waals surface area (Å²) in [4.78, 5) is 33.1. The molecule has 1 aliphatic heterocycles. The van der Waals surface area contributed by atoms with Gasteiger partial charge in [-0.3, -0.25) is 14.9 Å². The Hall–Kier alpha value is -4.80. The third-order valence-electron chi connectivity index (χ3n) is 6.79. The summed E-state index contributed by atoms with van der Waals surface area (Å²) in [5, 5.41) is 21.1. The van der Waals surface area contributed by atoms with Gasteiger partial charge in [-0.2, -0.15) is 0 Å². The lowest BCUT2D eigenvalue weighted by atomic mass is 10.1. The Balaban J connectivity index is 1.36. The molecule has 1 saturated heterocycles. The summed E-state index contributed by atoms with van der Waals surface area (Å²) < 4.78 is 7.52. The summed E-state index contributed by atoms with van der Waals surface area (Å²) >= 11 is 0. The zero-order valence-corrected chi connectivity index (χ0v) is 20.2. The first-order valence-corrected chi connectivity index (χ1v) is 11.9. The topological polar surface area (TPSA) is 123 Å². The van der Waals surface area contributed by atoms with E-state index in [0.29, 0.717) is 53.9 Å². The molecule has 1 atom stereocenters. The van der Waals surface area contributed by atoms with Crippen LogP contribution in [0, 0.1) is 17.0 Å². The third kappa shape index (κ3) is 3.75. The quantitative estimate of drug-likeness (QED) is 0.269. The molecule has 5 aromatic rings. The van der Waals surface area contributed by atoms with Crippen molar-refractivity contribution in [3.05, 3.63) is 82.1 Å². The maximum atomic E-state index is 13.3. The van der Waals surface area contributed by atoms with Crippen molar-refractivity contribution >= 4 is 34.1 Å². The van der Waals surface area contributed by atoms with Gasteiger partial charge in [-0.15, -0.1) is 10.2 Å². The number of aryl methyl sites for hydroxylation is 1. The van der Waals surface area contributed by atoms with Crippen molar-refractivity contribution < 1.29 is 14.1 Å². The van der Waals surface area contributed by atoms with E-state index in [4.69, 9.17) is 9.40 Å². The maximum absolute atomic E-state index is 13.3. The number of benzene rings is 2. The van der Waals surface area contributed by atoms with Crippen LogP contribution in [0.1, 0.15) is 22.8 Å². The normalized spacial score (nSPS) is 16.0. The Morgan fingerprint density at radius 1 is 1.11 bits per heavy atom. The zero-order valence-electron chi connectivity index (χ0n) is 20.2.